The smallest absolute Gasteiger partial charge is 0.251 e. The molecular weight excluding hydrogens is 320 g/mol. The zero-order chi connectivity index (χ0) is 17.8. The molecule has 1 aliphatic heterocycles. The van der Waals surface area contributed by atoms with E-state index in [1.807, 2.05) is 12.1 Å². The standard InChI is InChI=1S/C18H18N4O3/c1-12(23)21-14-4-6-15(7-5-14)22-17(24)9-16(18(22)25)20-11-13-3-2-8-19-10-13/h2-8,10,16,20H,9,11H2,1H3,(H,21,23)/t16-/m1/s1. The highest BCUT2D eigenvalue weighted by Crippen LogP contribution is 2.24. The lowest BCUT2D eigenvalue weighted by molar-refractivity contribution is -0.121. The molecule has 2 aromatic rings. The number of benzene rings is 1. The summed E-state index contributed by atoms with van der Waals surface area (Å²) in [4.78, 5) is 41.1. The lowest BCUT2D eigenvalue weighted by Crippen LogP contribution is -2.38. The molecule has 0 spiro atoms. The molecule has 0 radical (unpaired) electrons. The monoisotopic (exact) mass is 338 g/mol. The molecule has 7 nitrogen and oxygen atoms in total. The summed E-state index contributed by atoms with van der Waals surface area (Å²) in [5, 5.41) is 5.75. The molecular formula is C18H18N4O3. The van der Waals surface area contributed by atoms with E-state index < -0.39 is 6.04 Å². The molecule has 3 amide bonds. The molecule has 0 aliphatic carbocycles. The largest absolute Gasteiger partial charge is 0.326 e. The number of aromatic nitrogens is 1. The van der Waals surface area contributed by atoms with Crippen LogP contribution in [-0.2, 0) is 20.9 Å². The van der Waals surface area contributed by atoms with Crippen molar-refractivity contribution >= 4 is 29.1 Å². The van der Waals surface area contributed by atoms with E-state index in [2.05, 4.69) is 15.6 Å². The fourth-order valence-corrected chi connectivity index (χ4v) is 2.70. The van der Waals surface area contributed by atoms with Crippen molar-refractivity contribution in [3.8, 4) is 0 Å². The van der Waals surface area contributed by atoms with Gasteiger partial charge in [0, 0.05) is 31.5 Å². The normalized spacial score (nSPS) is 17.0. The van der Waals surface area contributed by atoms with Crippen molar-refractivity contribution in [2.45, 2.75) is 25.9 Å². The number of pyridine rings is 1. The van der Waals surface area contributed by atoms with Crippen molar-refractivity contribution < 1.29 is 14.4 Å². The van der Waals surface area contributed by atoms with Gasteiger partial charge in [-0.2, -0.15) is 0 Å². The Bertz CT molecular complexity index is 790. The lowest BCUT2D eigenvalue weighted by Gasteiger charge is -2.16. The van der Waals surface area contributed by atoms with Crippen molar-refractivity contribution in [1.29, 1.82) is 0 Å². The van der Waals surface area contributed by atoms with Gasteiger partial charge in [-0.15, -0.1) is 0 Å². The summed E-state index contributed by atoms with van der Waals surface area (Å²) < 4.78 is 0. The molecule has 0 unspecified atom stereocenters. The molecule has 2 heterocycles. The van der Waals surface area contributed by atoms with Crippen molar-refractivity contribution in [3.05, 3.63) is 54.4 Å². The van der Waals surface area contributed by atoms with Gasteiger partial charge in [0.1, 0.15) is 0 Å². The molecule has 25 heavy (non-hydrogen) atoms. The van der Waals surface area contributed by atoms with Gasteiger partial charge in [-0.25, -0.2) is 4.90 Å². The van der Waals surface area contributed by atoms with E-state index in [-0.39, 0.29) is 24.1 Å². The van der Waals surface area contributed by atoms with Gasteiger partial charge in [0.15, 0.2) is 0 Å². The molecule has 1 aromatic heterocycles. The number of amides is 3. The lowest BCUT2D eigenvalue weighted by atomic mass is 10.2. The van der Waals surface area contributed by atoms with Crippen molar-refractivity contribution in [2.24, 2.45) is 0 Å². The topological polar surface area (TPSA) is 91.4 Å². The Morgan fingerprint density at radius 2 is 2.00 bits per heavy atom. The van der Waals surface area contributed by atoms with E-state index in [9.17, 15) is 14.4 Å². The number of hydrogen-bond acceptors (Lipinski definition) is 5. The maximum Gasteiger partial charge on any atom is 0.251 e. The van der Waals surface area contributed by atoms with E-state index in [0.29, 0.717) is 17.9 Å². The quantitative estimate of drug-likeness (QED) is 0.806. The Labute approximate surface area is 145 Å². The van der Waals surface area contributed by atoms with Crippen LogP contribution >= 0.6 is 0 Å². The van der Waals surface area contributed by atoms with Crippen LogP contribution in [0.15, 0.2) is 48.8 Å². The van der Waals surface area contributed by atoms with E-state index >= 15 is 0 Å². The maximum atomic E-state index is 12.6. The van der Waals surface area contributed by atoms with Crippen LogP contribution in [0.2, 0.25) is 0 Å². The Morgan fingerprint density at radius 1 is 1.24 bits per heavy atom. The Kier molecular flexibility index (Phi) is 4.85. The van der Waals surface area contributed by atoms with E-state index in [1.54, 1.807) is 36.7 Å². The number of nitrogens with one attached hydrogen (secondary N) is 2. The molecule has 7 heteroatoms. The third kappa shape index (κ3) is 3.89. The van der Waals surface area contributed by atoms with E-state index in [1.165, 1.54) is 11.8 Å². The zero-order valence-electron chi connectivity index (χ0n) is 13.7. The van der Waals surface area contributed by atoms with E-state index in [0.717, 1.165) is 5.56 Å². The first kappa shape index (κ1) is 16.8. The molecule has 3 rings (SSSR count). The number of hydrogen-bond donors (Lipinski definition) is 2. The molecule has 2 N–H and O–H groups in total. The van der Waals surface area contributed by atoms with Crippen LogP contribution in [0.3, 0.4) is 0 Å². The molecule has 0 saturated carbocycles. The highest BCUT2D eigenvalue weighted by Gasteiger charge is 2.39. The Hall–Kier alpha value is -3.06. The van der Waals surface area contributed by atoms with Gasteiger partial charge < -0.3 is 10.6 Å². The molecule has 1 aromatic carbocycles. The first-order valence-electron chi connectivity index (χ1n) is 7.91. The van der Waals surface area contributed by atoms with Crippen LogP contribution in [0, 0.1) is 0 Å². The van der Waals surface area contributed by atoms with Gasteiger partial charge in [0.05, 0.1) is 18.2 Å². The third-order valence-corrected chi connectivity index (χ3v) is 3.87. The summed E-state index contributed by atoms with van der Waals surface area (Å²) in [6, 6.07) is 9.78. The molecule has 128 valence electrons. The van der Waals surface area contributed by atoms with Crippen LogP contribution < -0.4 is 15.5 Å². The van der Waals surface area contributed by atoms with Crippen LogP contribution in [0.5, 0.6) is 0 Å². The minimum atomic E-state index is -0.553. The Morgan fingerprint density at radius 3 is 2.64 bits per heavy atom. The van der Waals surface area contributed by atoms with Gasteiger partial charge in [-0.05, 0) is 35.9 Å². The average Bonchev–Trinajstić information content (AvgIpc) is 2.88. The summed E-state index contributed by atoms with van der Waals surface area (Å²) in [5.74, 6) is -0.706. The van der Waals surface area contributed by atoms with Crippen molar-refractivity contribution in [2.75, 3.05) is 10.2 Å². The summed E-state index contributed by atoms with van der Waals surface area (Å²) in [6.45, 7) is 1.88. The number of rotatable bonds is 5. The highest BCUT2D eigenvalue weighted by atomic mass is 16.2. The molecule has 1 aliphatic rings. The predicted molar refractivity (Wildman–Crippen MR) is 92.7 cm³/mol. The second-order valence-electron chi connectivity index (χ2n) is 5.79. The maximum absolute atomic E-state index is 12.6. The number of carbonyl (C=O) groups excluding carboxylic acids is 3. The van der Waals surface area contributed by atoms with Crippen molar-refractivity contribution in [3.63, 3.8) is 0 Å². The summed E-state index contributed by atoms with van der Waals surface area (Å²) in [7, 11) is 0. The molecule has 0 bridgehead atoms. The predicted octanol–water partition coefficient (Wildman–Crippen LogP) is 1.46. The zero-order valence-corrected chi connectivity index (χ0v) is 13.7. The SMILES string of the molecule is CC(=O)Nc1ccc(N2C(=O)C[C@@H](NCc3cccnc3)C2=O)cc1. The average molecular weight is 338 g/mol. The first-order chi connectivity index (χ1) is 12.0. The minimum absolute atomic E-state index is 0.118. The summed E-state index contributed by atoms with van der Waals surface area (Å²) >= 11 is 0. The third-order valence-electron chi connectivity index (χ3n) is 3.87. The number of carbonyl (C=O) groups is 3. The summed E-state index contributed by atoms with van der Waals surface area (Å²) in [6.07, 6.45) is 3.51. The van der Waals surface area contributed by atoms with Crippen LogP contribution in [-0.4, -0.2) is 28.7 Å². The summed E-state index contributed by atoms with van der Waals surface area (Å²) in [5.41, 5.74) is 2.05. The second kappa shape index (κ2) is 7.23. The van der Waals surface area contributed by atoms with Gasteiger partial charge >= 0.3 is 0 Å². The first-order valence-corrected chi connectivity index (χ1v) is 7.91. The van der Waals surface area contributed by atoms with Crippen LogP contribution in [0.25, 0.3) is 0 Å². The highest BCUT2D eigenvalue weighted by molar-refractivity contribution is 6.22. The number of nitrogens with zero attached hydrogens (tertiary/aromatic N) is 2. The van der Waals surface area contributed by atoms with Gasteiger partial charge in [0.25, 0.3) is 5.91 Å². The fraction of sp³-hybridized carbons (Fsp3) is 0.222. The van der Waals surface area contributed by atoms with Crippen LogP contribution in [0.1, 0.15) is 18.9 Å². The Balaban J connectivity index is 1.67. The molecule has 1 fully saturated rings. The number of anilines is 2. The molecule has 1 atom stereocenters. The van der Waals surface area contributed by atoms with Crippen LogP contribution in [0.4, 0.5) is 11.4 Å². The van der Waals surface area contributed by atoms with Gasteiger partial charge in [-0.1, -0.05) is 6.07 Å². The van der Waals surface area contributed by atoms with Crippen molar-refractivity contribution in [1.82, 2.24) is 10.3 Å². The number of imide groups is 1. The minimum Gasteiger partial charge on any atom is -0.326 e. The second-order valence-corrected chi connectivity index (χ2v) is 5.79. The fourth-order valence-electron chi connectivity index (χ4n) is 2.70. The van der Waals surface area contributed by atoms with Gasteiger partial charge in [0.2, 0.25) is 11.8 Å². The molecule has 1 saturated heterocycles. The van der Waals surface area contributed by atoms with E-state index in [4.69, 9.17) is 0 Å². The van der Waals surface area contributed by atoms with Gasteiger partial charge in [-0.3, -0.25) is 19.4 Å².